The molecule has 2 rings (SSSR count). The van der Waals surface area contributed by atoms with Crippen LogP contribution in [-0.4, -0.2) is 35.3 Å². The molecule has 1 heterocycles. The van der Waals surface area contributed by atoms with Gasteiger partial charge in [0.15, 0.2) is 0 Å². The van der Waals surface area contributed by atoms with E-state index in [2.05, 4.69) is 21.2 Å². The molecule has 1 aromatic carbocycles. The maximum absolute atomic E-state index is 14.2. The minimum absolute atomic E-state index is 0.0172. The quantitative estimate of drug-likeness (QED) is 0.262. The maximum Gasteiger partial charge on any atom is 0.349 e. The summed E-state index contributed by atoms with van der Waals surface area (Å²) in [5.74, 6) is -3.28. The van der Waals surface area contributed by atoms with Gasteiger partial charge in [-0.15, -0.1) is 11.3 Å². The summed E-state index contributed by atoms with van der Waals surface area (Å²) in [5.41, 5.74) is -3.78. The SMILES string of the molecule is CNC(=O)c1cc(OCCCC(C)(F)F)c2sc(C(F)(F)P(O)O)c(Br)c2c1. The summed E-state index contributed by atoms with van der Waals surface area (Å²) in [4.78, 5) is 29.5. The molecule has 0 saturated carbocycles. The van der Waals surface area contributed by atoms with Gasteiger partial charge in [0.05, 0.1) is 16.2 Å². The van der Waals surface area contributed by atoms with Crippen molar-refractivity contribution in [3.63, 3.8) is 0 Å². The van der Waals surface area contributed by atoms with Crippen LogP contribution in [0.2, 0.25) is 0 Å². The number of hydrogen-bond acceptors (Lipinski definition) is 5. The number of ether oxygens (including phenoxy) is 1. The van der Waals surface area contributed by atoms with Gasteiger partial charge in [-0.05, 0) is 41.4 Å². The average molecular weight is 506 g/mol. The number of alkyl halides is 4. The van der Waals surface area contributed by atoms with Gasteiger partial charge in [-0.2, -0.15) is 8.78 Å². The van der Waals surface area contributed by atoms with Crippen LogP contribution in [0.25, 0.3) is 10.1 Å². The van der Waals surface area contributed by atoms with Crippen molar-refractivity contribution in [1.29, 1.82) is 0 Å². The molecular formula is C16H17BrF4NO4PS. The average Bonchev–Trinajstić information content (AvgIpc) is 2.94. The lowest BCUT2D eigenvalue weighted by molar-refractivity contribution is 0.00773. The number of amides is 1. The lowest BCUT2D eigenvalue weighted by Gasteiger charge is -2.15. The highest BCUT2D eigenvalue weighted by atomic mass is 79.9. The summed E-state index contributed by atoms with van der Waals surface area (Å²) in [6.07, 6.45) is -0.397. The van der Waals surface area contributed by atoms with E-state index in [0.29, 0.717) is 11.3 Å². The molecule has 0 aliphatic carbocycles. The molecule has 0 spiro atoms. The zero-order valence-corrected chi connectivity index (χ0v) is 18.0. The van der Waals surface area contributed by atoms with Gasteiger partial charge in [0.2, 0.25) is 14.3 Å². The van der Waals surface area contributed by atoms with Crippen LogP contribution in [-0.2, 0) is 5.66 Å². The molecule has 0 unspecified atom stereocenters. The van der Waals surface area contributed by atoms with Crippen LogP contribution in [0.3, 0.4) is 0 Å². The predicted octanol–water partition coefficient (Wildman–Crippen LogP) is 5.18. The number of hydrogen-bond donors (Lipinski definition) is 3. The first-order chi connectivity index (χ1) is 12.9. The molecule has 0 bridgehead atoms. The predicted molar refractivity (Wildman–Crippen MR) is 104 cm³/mol. The topological polar surface area (TPSA) is 78.8 Å². The molecule has 0 aliphatic heterocycles. The Morgan fingerprint density at radius 2 is 1.96 bits per heavy atom. The lowest BCUT2D eigenvalue weighted by atomic mass is 10.1. The van der Waals surface area contributed by atoms with Crippen molar-refractivity contribution in [2.24, 2.45) is 0 Å². The van der Waals surface area contributed by atoms with Crippen LogP contribution in [0.1, 0.15) is 35.0 Å². The summed E-state index contributed by atoms with van der Waals surface area (Å²) in [6, 6.07) is 2.69. The van der Waals surface area contributed by atoms with Crippen LogP contribution >= 0.6 is 35.6 Å². The van der Waals surface area contributed by atoms with Gasteiger partial charge >= 0.3 is 5.66 Å². The third-order valence-corrected chi connectivity index (χ3v) is 6.98. The van der Waals surface area contributed by atoms with E-state index in [0.717, 1.165) is 6.92 Å². The van der Waals surface area contributed by atoms with Crippen LogP contribution in [0.4, 0.5) is 17.6 Å². The Labute approximate surface area is 171 Å². The fourth-order valence-electron chi connectivity index (χ4n) is 2.37. The number of thiophene rings is 1. The maximum atomic E-state index is 14.2. The summed E-state index contributed by atoms with van der Waals surface area (Å²) >= 11 is 3.61. The molecule has 1 aromatic heterocycles. The smallest absolute Gasteiger partial charge is 0.349 e. The minimum Gasteiger partial charge on any atom is -0.492 e. The van der Waals surface area contributed by atoms with Gasteiger partial charge in [-0.25, -0.2) is 8.78 Å². The molecule has 28 heavy (non-hydrogen) atoms. The highest BCUT2D eigenvalue weighted by Gasteiger charge is 2.45. The van der Waals surface area contributed by atoms with E-state index >= 15 is 0 Å². The number of fused-ring (bicyclic) bond motifs is 1. The first kappa shape index (κ1) is 23.3. The van der Waals surface area contributed by atoms with Crippen molar-refractivity contribution in [3.8, 4) is 5.75 Å². The van der Waals surface area contributed by atoms with Gasteiger partial charge in [0.1, 0.15) is 5.75 Å². The lowest BCUT2D eigenvalue weighted by Crippen LogP contribution is -2.17. The second-order valence-corrected chi connectivity index (χ2v) is 8.98. The zero-order chi connectivity index (χ0) is 21.3. The number of carbonyl (C=O) groups is 1. The molecule has 0 saturated heterocycles. The van der Waals surface area contributed by atoms with Crippen LogP contribution in [0.5, 0.6) is 5.75 Å². The van der Waals surface area contributed by atoms with E-state index in [1.165, 1.54) is 19.2 Å². The summed E-state index contributed by atoms with van der Waals surface area (Å²) < 4.78 is 59.9. The number of carbonyl (C=O) groups excluding carboxylic acids is 1. The van der Waals surface area contributed by atoms with Gasteiger partial charge in [0.25, 0.3) is 5.91 Å². The van der Waals surface area contributed by atoms with Gasteiger partial charge < -0.3 is 19.8 Å². The highest BCUT2D eigenvalue weighted by Crippen LogP contribution is 2.58. The van der Waals surface area contributed by atoms with E-state index in [9.17, 15) is 22.4 Å². The van der Waals surface area contributed by atoms with E-state index in [1.807, 2.05) is 0 Å². The van der Waals surface area contributed by atoms with E-state index in [4.69, 9.17) is 14.5 Å². The monoisotopic (exact) mass is 505 g/mol. The van der Waals surface area contributed by atoms with E-state index in [1.54, 1.807) is 0 Å². The normalized spacial score (nSPS) is 12.6. The largest absolute Gasteiger partial charge is 0.492 e. The van der Waals surface area contributed by atoms with Crippen LogP contribution in [0.15, 0.2) is 16.6 Å². The van der Waals surface area contributed by atoms with Crippen molar-refractivity contribution in [2.45, 2.75) is 31.4 Å². The molecule has 0 radical (unpaired) electrons. The molecule has 0 fully saturated rings. The third kappa shape index (κ3) is 5.13. The number of halogens is 5. The van der Waals surface area contributed by atoms with Crippen molar-refractivity contribution in [3.05, 3.63) is 27.0 Å². The van der Waals surface area contributed by atoms with E-state index < -0.39 is 37.2 Å². The first-order valence-electron chi connectivity index (χ1n) is 7.93. The molecule has 12 heteroatoms. The van der Waals surface area contributed by atoms with Crippen molar-refractivity contribution >= 4 is 51.6 Å². The first-order valence-corrected chi connectivity index (χ1v) is 10.8. The minimum atomic E-state index is -3.90. The fourth-order valence-corrected chi connectivity index (χ4v) is 5.15. The summed E-state index contributed by atoms with van der Waals surface area (Å²) in [7, 11) is -2.20. The molecule has 0 aliphatic rings. The summed E-state index contributed by atoms with van der Waals surface area (Å²) in [5, 5.41) is 2.62. The molecule has 2 aromatic rings. The van der Waals surface area contributed by atoms with Gasteiger partial charge in [0, 0.05) is 28.9 Å². The molecular weight excluding hydrogens is 489 g/mol. The molecule has 0 atom stereocenters. The molecule has 3 N–H and O–H groups in total. The fraction of sp³-hybridized carbons (Fsp3) is 0.438. The zero-order valence-electron chi connectivity index (χ0n) is 14.7. The standard InChI is InChI=1S/C16H17BrF4NO4PS/c1-15(18,19)4-3-5-26-10-7-8(14(23)22-2)6-9-11(17)13(28-12(9)10)16(20,21)27(24)25/h6-7,24-25H,3-5H2,1-2H3,(H,22,23). The Bertz CT molecular complexity index is 872. The van der Waals surface area contributed by atoms with Crippen molar-refractivity contribution in [1.82, 2.24) is 5.32 Å². The Morgan fingerprint density at radius 1 is 1.32 bits per heavy atom. The Morgan fingerprint density at radius 3 is 2.50 bits per heavy atom. The number of nitrogens with one attached hydrogen (secondary N) is 1. The van der Waals surface area contributed by atoms with Gasteiger partial charge in [-0.3, -0.25) is 4.79 Å². The van der Waals surface area contributed by atoms with Gasteiger partial charge in [-0.1, -0.05) is 0 Å². The number of benzene rings is 1. The Hall–Kier alpha value is -1.00. The second-order valence-electron chi connectivity index (χ2n) is 6.03. The van der Waals surface area contributed by atoms with Crippen molar-refractivity contribution in [2.75, 3.05) is 13.7 Å². The van der Waals surface area contributed by atoms with Crippen LogP contribution in [0, 0.1) is 0 Å². The molecule has 156 valence electrons. The Balaban J connectivity index is 2.49. The molecule has 1 amide bonds. The number of rotatable bonds is 8. The molecule has 5 nitrogen and oxygen atoms in total. The second kappa shape index (κ2) is 8.79. The van der Waals surface area contributed by atoms with Crippen LogP contribution < -0.4 is 10.1 Å². The van der Waals surface area contributed by atoms with E-state index in [-0.39, 0.29) is 38.9 Å². The third-order valence-electron chi connectivity index (χ3n) is 3.73. The van der Waals surface area contributed by atoms with Crippen molar-refractivity contribution < 1.29 is 36.9 Å². The highest BCUT2D eigenvalue weighted by molar-refractivity contribution is 9.10. The summed E-state index contributed by atoms with van der Waals surface area (Å²) in [6.45, 7) is 0.674. The Kier molecular flexibility index (Phi) is 7.31.